The fourth-order valence-electron chi connectivity index (χ4n) is 2.73. The minimum atomic E-state index is -0.387. The topological polar surface area (TPSA) is 89.8 Å². The lowest BCUT2D eigenvalue weighted by Crippen LogP contribution is -2.36. The lowest BCUT2D eigenvalue weighted by molar-refractivity contribution is -0.120. The van der Waals surface area contributed by atoms with Crippen LogP contribution in [0.2, 0.25) is 0 Å². The van der Waals surface area contributed by atoms with Gasteiger partial charge in [-0.05, 0) is 42.5 Å². The molecule has 0 atom stereocenters. The first-order valence-electron chi connectivity index (χ1n) is 9.11. The fraction of sp³-hybridized carbons (Fsp3) is 0.182. The van der Waals surface area contributed by atoms with Gasteiger partial charge < -0.3 is 24.5 Å². The van der Waals surface area contributed by atoms with E-state index in [1.807, 2.05) is 30.3 Å². The third kappa shape index (κ3) is 5.42. The van der Waals surface area contributed by atoms with Gasteiger partial charge in [0.1, 0.15) is 11.5 Å². The number of rotatable bonds is 8. The maximum absolute atomic E-state index is 12.3. The molecule has 3 rings (SSSR count). The third-order valence-electron chi connectivity index (χ3n) is 4.31. The molecule has 0 unspecified atom stereocenters. The van der Waals surface area contributed by atoms with Crippen molar-refractivity contribution in [3.63, 3.8) is 0 Å². The van der Waals surface area contributed by atoms with E-state index in [0.717, 1.165) is 10.0 Å². The van der Waals surface area contributed by atoms with Crippen LogP contribution in [0.4, 0.5) is 0 Å². The van der Waals surface area contributed by atoms with Crippen LogP contribution in [-0.4, -0.2) is 32.6 Å². The molecule has 7 nitrogen and oxygen atoms in total. The van der Waals surface area contributed by atoms with Gasteiger partial charge in [0, 0.05) is 15.6 Å². The van der Waals surface area contributed by atoms with Gasteiger partial charge >= 0.3 is 0 Å². The lowest BCUT2D eigenvalue weighted by atomic mass is 10.2. The summed E-state index contributed by atoms with van der Waals surface area (Å²) < 4.78 is 17.1. The Morgan fingerprint density at radius 3 is 2.37 bits per heavy atom. The van der Waals surface area contributed by atoms with Crippen molar-refractivity contribution in [2.75, 3.05) is 20.8 Å². The molecule has 1 heterocycles. The zero-order valence-corrected chi connectivity index (χ0v) is 18.1. The summed E-state index contributed by atoms with van der Waals surface area (Å²) >= 11 is 3.40. The maximum atomic E-state index is 12.3. The van der Waals surface area contributed by atoms with E-state index in [1.54, 1.807) is 24.3 Å². The molecule has 2 N–H and O–H groups in total. The SMILES string of the molecule is COc1ccc(C(=O)NCC(=O)NCc2ccc(-c3ccc(Br)cc3)o2)cc1OC. The van der Waals surface area contributed by atoms with Crippen LogP contribution in [0.25, 0.3) is 11.3 Å². The van der Waals surface area contributed by atoms with Crippen LogP contribution in [0.5, 0.6) is 11.5 Å². The average molecular weight is 473 g/mol. The number of carbonyl (C=O) groups is 2. The Hall–Kier alpha value is -3.26. The van der Waals surface area contributed by atoms with Crippen molar-refractivity contribution in [1.82, 2.24) is 10.6 Å². The maximum Gasteiger partial charge on any atom is 0.251 e. The second-order valence-corrected chi connectivity index (χ2v) is 7.22. The number of carbonyl (C=O) groups excluding carboxylic acids is 2. The van der Waals surface area contributed by atoms with Crippen LogP contribution >= 0.6 is 15.9 Å². The van der Waals surface area contributed by atoms with Crippen LogP contribution in [0.3, 0.4) is 0 Å². The smallest absolute Gasteiger partial charge is 0.251 e. The minimum Gasteiger partial charge on any atom is -0.493 e. The largest absolute Gasteiger partial charge is 0.493 e. The summed E-state index contributed by atoms with van der Waals surface area (Å²) in [4.78, 5) is 24.3. The van der Waals surface area contributed by atoms with Gasteiger partial charge in [-0.3, -0.25) is 9.59 Å². The van der Waals surface area contributed by atoms with Crippen molar-refractivity contribution in [3.05, 3.63) is 70.4 Å². The first kappa shape index (κ1) is 21.4. The number of ether oxygens (including phenoxy) is 2. The van der Waals surface area contributed by atoms with Gasteiger partial charge in [0.15, 0.2) is 11.5 Å². The predicted molar refractivity (Wildman–Crippen MR) is 116 cm³/mol. The van der Waals surface area contributed by atoms with E-state index in [-0.39, 0.29) is 24.9 Å². The van der Waals surface area contributed by atoms with Crippen molar-refractivity contribution in [2.45, 2.75) is 6.54 Å². The molecule has 8 heteroatoms. The molecular formula is C22H21BrN2O5. The Labute approximate surface area is 182 Å². The number of benzene rings is 2. The molecule has 0 saturated carbocycles. The first-order chi connectivity index (χ1) is 14.5. The molecule has 1 aromatic heterocycles. The molecule has 156 valence electrons. The Kier molecular flexibility index (Phi) is 7.13. The zero-order valence-electron chi connectivity index (χ0n) is 16.5. The number of hydrogen-bond acceptors (Lipinski definition) is 5. The standard InChI is InChI=1S/C22H21BrN2O5/c1-28-19-9-5-15(11-20(19)29-2)22(27)25-13-21(26)24-12-17-8-10-18(30-17)14-3-6-16(23)7-4-14/h3-11H,12-13H2,1-2H3,(H,24,26)(H,25,27). The fourth-order valence-corrected chi connectivity index (χ4v) is 2.99. The Morgan fingerprint density at radius 2 is 1.67 bits per heavy atom. The average Bonchev–Trinajstić information content (AvgIpc) is 3.25. The summed E-state index contributed by atoms with van der Waals surface area (Å²) in [5, 5.41) is 5.30. The number of methoxy groups -OCH3 is 2. The molecular weight excluding hydrogens is 452 g/mol. The van der Waals surface area contributed by atoms with E-state index in [4.69, 9.17) is 13.9 Å². The molecule has 0 bridgehead atoms. The van der Waals surface area contributed by atoms with Gasteiger partial charge in [0.2, 0.25) is 5.91 Å². The van der Waals surface area contributed by atoms with Gasteiger partial charge in [-0.2, -0.15) is 0 Å². The summed E-state index contributed by atoms with van der Waals surface area (Å²) in [6, 6.07) is 16.2. The van der Waals surface area contributed by atoms with E-state index in [0.29, 0.717) is 28.6 Å². The van der Waals surface area contributed by atoms with Crippen LogP contribution < -0.4 is 20.1 Å². The molecule has 0 aliphatic heterocycles. The second-order valence-electron chi connectivity index (χ2n) is 6.30. The predicted octanol–water partition coefficient (Wildman–Crippen LogP) is 3.77. The number of amides is 2. The number of halogens is 1. The summed E-state index contributed by atoms with van der Waals surface area (Å²) in [6.45, 7) is 0.0645. The number of nitrogens with one attached hydrogen (secondary N) is 2. The van der Waals surface area contributed by atoms with Crippen molar-refractivity contribution in [3.8, 4) is 22.8 Å². The van der Waals surface area contributed by atoms with E-state index in [2.05, 4.69) is 26.6 Å². The second kappa shape index (κ2) is 9.98. The van der Waals surface area contributed by atoms with Crippen molar-refractivity contribution in [2.24, 2.45) is 0 Å². The van der Waals surface area contributed by atoms with Crippen LogP contribution in [-0.2, 0) is 11.3 Å². The van der Waals surface area contributed by atoms with Crippen LogP contribution in [0.1, 0.15) is 16.1 Å². The first-order valence-corrected chi connectivity index (χ1v) is 9.91. The monoisotopic (exact) mass is 472 g/mol. The summed E-state index contributed by atoms with van der Waals surface area (Å²) in [7, 11) is 3.01. The highest BCUT2D eigenvalue weighted by atomic mass is 79.9. The number of hydrogen-bond donors (Lipinski definition) is 2. The van der Waals surface area contributed by atoms with Gasteiger partial charge in [0.05, 0.1) is 27.3 Å². The molecule has 0 radical (unpaired) electrons. The minimum absolute atomic E-state index is 0.159. The molecule has 0 spiro atoms. The molecule has 0 saturated heterocycles. The highest BCUT2D eigenvalue weighted by molar-refractivity contribution is 9.10. The quantitative estimate of drug-likeness (QED) is 0.520. The normalized spacial score (nSPS) is 10.4. The lowest BCUT2D eigenvalue weighted by Gasteiger charge is -2.10. The van der Waals surface area contributed by atoms with Crippen molar-refractivity contribution >= 4 is 27.7 Å². The Balaban J connectivity index is 1.49. The number of furan rings is 1. The highest BCUT2D eigenvalue weighted by Gasteiger charge is 2.12. The zero-order chi connectivity index (χ0) is 21.5. The molecule has 0 aliphatic carbocycles. The third-order valence-corrected chi connectivity index (χ3v) is 4.83. The van der Waals surface area contributed by atoms with E-state index >= 15 is 0 Å². The molecule has 30 heavy (non-hydrogen) atoms. The molecule has 3 aromatic rings. The molecule has 0 aliphatic rings. The Morgan fingerprint density at radius 1 is 0.933 bits per heavy atom. The van der Waals surface area contributed by atoms with E-state index in [9.17, 15) is 9.59 Å². The summed E-state index contributed by atoms with van der Waals surface area (Å²) in [6.07, 6.45) is 0. The highest BCUT2D eigenvalue weighted by Crippen LogP contribution is 2.27. The van der Waals surface area contributed by atoms with Gasteiger partial charge in [-0.1, -0.05) is 28.1 Å². The molecule has 0 fully saturated rings. The van der Waals surface area contributed by atoms with Crippen molar-refractivity contribution in [1.29, 1.82) is 0 Å². The summed E-state index contributed by atoms with van der Waals surface area (Å²) in [5.41, 5.74) is 1.31. The van der Waals surface area contributed by atoms with E-state index < -0.39 is 0 Å². The van der Waals surface area contributed by atoms with Gasteiger partial charge in [0.25, 0.3) is 5.91 Å². The van der Waals surface area contributed by atoms with Crippen LogP contribution in [0.15, 0.2) is 63.5 Å². The van der Waals surface area contributed by atoms with Gasteiger partial charge in [-0.25, -0.2) is 0 Å². The van der Waals surface area contributed by atoms with Crippen molar-refractivity contribution < 1.29 is 23.5 Å². The van der Waals surface area contributed by atoms with E-state index in [1.165, 1.54) is 14.2 Å². The Bertz CT molecular complexity index is 1030. The summed E-state index contributed by atoms with van der Waals surface area (Å²) in [5.74, 6) is 1.58. The van der Waals surface area contributed by atoms with Crippen LogP contribution in [0, 0.1) is 0 Å². The molecule has 2 amide bonds. The van der Waals surface area contributed by atoms with Gasteiger partial charge in [-0.15, -0.1) is 0 Å². The molecule has 2 aromatic carbocycles.